The van der Waals surface area contributed by atoms with Crippen LogP contribution in [-0.4, -0.2) is 23.0 Å². The Bertz CT molecular complexity index is 548. The number of benzene rings is 1. The van der Waals surface area contributed by atoms with Gasteiger partial charge in [-0.25, -0.2) is 0 Å². The van der Waals surface area contributed by atoms with Gasteiger partial charge in [0.1, 0.15) is 0 Å². The Morgan fingerprint density at radius 3 is 3.28 bits per heavy atom. The molecule has 2 heterocycles. The first kappa shape index (κ1) is 11.8. The van der Waals surface area contributed by atoms with Gasteiger partial charge in [-0.2, -0.15) is 5.10 Å². The van der Waals surface area contributed by atoms with E-state index in [-0.39, 0.29) is 0 Å². The lowest BCUT2D eigenvalue weighted by Crippen LogP contribution is -2.06. The maximum atomic E-state index is 4.16. The van der Waals surface area contributed by atoms with Crippen LogP contribution in [0, 0.1) is 0 Å². The molecule has 0 spiro atoms. The van der Waals surface area contributed by atoms with Gasteiger partial charge in [-0.1, -0.05) is 6.07 Å². The van der Waals surface area contributed by atoms with Gasteiger partial charge in [-0.05, 0) is 48.9 Å². The third kappa shape index (κ3) is 2.18. The van der Waals surface area contributed by atoms with Gasteiger partial charge in [0.2, 0.25) is 0 Å². The summed E-state index contributed by atoms with van der Waals surface area (Å²) < 4.78 is 0. The molecule has 1 aromatic heterocycles. The van der Waals surface area contributed by atoms with E-state index in [1.165, 1.54) is 40.2 Å². The minimum atomic E-state index is 0.821. The number of aromatic amines is 1. The Morgan fingerprint density at radius 2 is 2.39 bits per heavy atom. The van der Waals surface area contributed by atoms with Crippen molar-refractivity contribution in [3.8, 4) is 11.1 Å². The molecule has 0 fully saturated rings. The van der Waals surface area contributed by atoms with E-state index in [1.807, 2.05) is 25.0 Å². The van der Waals surface area contributed by atoms with E-state index in [0.29, 0.717) is 0 Å². The fourth-order valence-electron chi connectivity index (χ4n) is 2.40. The maximum Gasteiger partial charge on any atom is 0.0569 e. The minimum Gasteiger partial charge on any atom is -0.314 e. The predicted octanol–water partition coefficient (Wildman–Crippen LogP) is 2.83. The van der Waals surface area contributed by atoms with E-state index in [4.69, 9.17) is 0 Å². The summed E-state index contributed by atoms with van der Waals surface area (Å²) in [4.78, 5) is 1.45. The predicted molar refractivity (Wildman–Crippen MR) is 75.8 cm³/mol. The van der Waals surface area contributed by atoms with E-state index in [0.717, 1.165) is 12.2 Å². The molecule has 0 unspecified atom stereocenters. The number of rotatable bonds is 3. The summed E-state index contributed by atoms with van der Waals surface area (Å²) >= 11 is 1.97. The molecule has 0 atom stereocenters. The van der Waals surface area contributed by atoms with E-state index in [9.17, 15) is 0 Å². The third-order valence-electron chi connectivity index (χ3n) is 3.29. The molecule has 0 bridgehead atoms. The Hall–Kier alpha value is -1.26. The van der Waals surface area contributed by atoms with E-state index in [1.54, 1.807) is 0 Å². The Kier molecular flexibility index (Phi) is 3.39. The molecule has 1 aliphatic heterocycles. The molecule has 2 N–H and O–H groups in total. The zero-order valence-corrected chi connectivity index (χ0v) is 11.3. The lowest BCUT2D eigenvalue weighted by molar-refractivity contribution is 0.785. The van der Waals surface area contributed by atoms with Gasteiger partial charge < -0.3 is 5.32 Å². The van der Waals surface area contributed by atoms with Crippen molar-refractivity contribution in [2.45, 2.75) is 24.3 Å². The van der Waals surface area contributed by atoms with Crippen LogP contribution in [0.15, 0.2) is 29.3 Å². The largest absolute Gasteiger partial charge is 0.314 e. The third-order valence-corrected chi connectivity index (χ3v) is 4.49. The lowest BCUT2D eigenvalue weighted by atomic mass is 10.0. The number of nitrogens with zero attached hydrogens (tertiary/aromatic N) is 1. The van der Waals surface area contributed by atoms with E-state index >= 15 is 0 Å². The first-order valence-electron chi connectivity index (χ1n) is 6.31. The molecule has 3 rings (SSSR count). The van der Waals surface area contributed by atoms with Gasteiger partial charge in [0, 0.05) is 17.0 Å². The molecule has 94 valence electrons. The van der Waals surface area contributed by atoms with E-state index in [2.05, 4.69) is 33.7 Å². The minimum absolute atomic E-state index is 0.821. The second-order valence-electron chi connectivity index (χ2n) is 4.57. The van der Waals surface area contributed by atoms with Crippen LogP contribution in [-0.2, 0) is 13.0 Å². The SMILES string of the molecule is CNCc1[nH]ncc1-c1ccc2c(c1)CCCS2. The number of nitrogens with one attached hydrogen (secondary N) is 2. The molecule has 1 aliphatic rings. The molecule has 0 saturated carbocycles. The van der Waals surface area contributed by atoms with Gasteiger partial charge in [0.15, 0.2) is 0 Å². The quantitative estimate of drug-likeness (QED) is 0.890. The fourth-order valence-corrected chi connectivity index (χ4v) is 3.42. The number of aryl methyl sites for hydroxylation is 1. The van der Waals surface area contributed by atoms with Gasteiger partial charge in [0.05, 0.1) is 11.9 Å². The van der Waals surface area contributed by atoms with Gasteiger partial charge in [-0.15, -0.1) is 11.8 Å². The molecular weight excluding hydrogens is 242 g/mol. The number of hydrogen-bond donors (Lipinski definition) is 2. The Morgan fingerprint density at radius 1 is 1.44 bits per heavy atom. The monoisotopic (exact) mass is 259 g/mol. The van der Waals surface area contributed by atoms with Gasteiger partial charge in [0.25, 0.3) is 0 Å². The van der Waals surface area contributed by atoms with Crippen LogP contribution in [0.1, 0.15) is 17.7 Å². The smallest absolute Gasteiger partial charge is 0.0569 e. The van der Waals surface area contributed by atoms with Crippen molar-refractivity contribution in [2.75, 3.05) is 12.8 Å². The fraction of sp³-hybridized carbons (Fsp3) is 0.357. The highest BCUT2D eigenvalue weighted by Gasteiger charge is 2.13. The number of aromatic nitrogens is 2. The summed E-state index contributed by atoms with van der Waals surface area (Å²) in [5.74, 6) is 1.25. The zero-order valence-electron chi connectivity index (χ0n) is 10.5. The highest BCUT2D eigenvalue weighted by Crippen LogP contribution is 2.33. The normalized spacial score (nSPS) is 14.5. The number of hydrogen-bond acceptors (Lipinski definition) is 3. The van der Waals surface area contributed by atoms with Crippen LogP contribution in [0.4, 0.5) is 0 Å². The molecule has 0 amide bonds. The number of fused-ring (bicyclic) bond motifs is 1. The molecule has 0 aliphatic carbocycles. The molecule has 0 radical (unpaired) electrons. The van der Waals surface area contributed by atoms with Crippen LogP contribution < -0.4 is 5.32 Å². The summed E-state index contributed by atoms with van der Waals surface area (Å²) in [6.07, 6.45) is 4.41. The van der Waals surface area contributed by atoms with E-state index < -0.39 is 0 Å². The molecule has 0 saturated heterocycles. The number of thioether (sulfide) groups is 1. The maximum absolute atomic E-state index is 4.16. The molecular formula is C14H17N3S. The van der Waals surface area contributed by atoms with Crippen molar-refractivity contribution in [3.05, 3.63) is 35.7 Å². The van der Waals surface area contributed by atoms with Gasteiger partial charge >= 0.3 is 0 Å². The van der Waals surface area contributed by atoms with Crippen LogP contribution in [0.25, 0.3) is 11.1 Å². The Balaban J connectivity index is 1.98. The first-order chi connectivity index (χ1) is 8.88. The average molecular weight is 259 g/mol. The standard InChI is InChI=1S/C14H17N3S/c1-15-9-13-12(8-16-17-13)10-4-5-14-11(7-10)3-2-6-18-14/h4-5,7-8,15H,2-3,6,9H2,1H3,(H,16,17). The summed E-state index contributed by atoms with van der Waals surface area (Å²) in [5, 5.41) is 10.4. The topological polar surface area (TPSA) is 40.7 Å². The van der Waals surface area contributed by atoms with Crippen LogP contribution in [0.3, 0.4) is 0 Å². The summed E-state index contributed by atoms with van der Waals surface area (Å²) in [6, 6.07) is 6.79. The molecule has 1 aromatic carbocycles. The number of H-pyrrole nitrogens is 1. The van der Waals surface area contributed by atoms with Gasteiger partial charge in [-0.3, -0.25) is 5.10 Å². The van der Waals surface area contributed by atoms with Crippen molar-refractivity contribution in [2.24, 2.45) is 0 Å². The summed E-state index contributed by atoms with van der Waals surface area (Å²) in [7, 11) is 1.95. The average Bonchev–Trinajstić information content (AvgIpc) is 2.87. The van der Waals surface area contributed by atoms with Crippen LogP contribution in [0.2, 0.25) is 0 Å². The van der Waals surface area contributed by atoms with Crippen molar-refractivity contribution < 1.29 is 0 Å². The van der Waals surface area contributed by atoms with Crippen molar-refractivity contribution in [3.63, 3.8) is 0 Å². The van der Waals surface area contributed by atoms with Crippen molar-refractivity contribution >= 4 is 11.8 Å². The Labute approximate surface area is 111 Å². The molecule has 4 heteroatoms. The van der Waals surface area contributed by atoms with Crippen molar-refractivity contribution in [1.29, 1.82) is 0 Å². The van der Waals surface area contributed by atoms with Crippen LogP contribution in [0.5, 0.6) is 0 Å². The zero-order chi connectivity index (χ0) is 12.4. The summed E-state index contributed by atoms with van der Waals surface area (Å²) in [5.41, 5.74) is 5.12. The lowest BCUT2D eigenvalue weighted by Gasteiger charge is -2.16. The molecule has 18 heavy (non-hydrogen) atoms. The first-order valence-corrected chi connectivity index (χ1v) is 7.30. The second-order valence-corrected chi connectivity index (χ2v) is 5.70. The van der Waals surface area contributed by atoms with Crippen LogP contribution >= 0.6 is 11.8 Å². The second kappa shape index (κ2) is 5.16. The highest BCUT2D eigenvalue weighted by molar-refractivity contribution is 7.99. The molecule has 2 aromatic rings. The van der Waals surface area contributed by atoms with Crippen molar-refractivity contribution in [1.82, 2.24) is 15.5 Å². The summed E-state index contributed by atoms with van der Waals surface area (Å²) in [6.45, 7) is 0.821. The molecule has 3 nitrogen and oxygen atoms in total. The highest BCUT2D eigenvalue weighted by atomic mass is 32.2.